The van der Waals surface area contributed by atoms with Crippen molar-refractivity contribution in [2.45, 2.75) is 39.3 Å². The van der Waals surface area contributed by atoms with Crippen LogP contribution in [0.5, 0.6) is 0 Å². The quantitative estimate of drug-likeness (QED) is 0.809. The van der Waals surface area contributed by atoms with Gasteiger partial charge in [-0.15, -0.1) is 0 Å². The molecule has 0 bridgehead atoms. The highest BCUT2D eigenvalue weighted by Crippen LogP contribution is 2.13. The van der Waals surface area contributed by atoms with E-state index in [1.807, 2.05) is 4.68 Å². The van der Waals surface area contributed by atoms with Crippen molar-refractivity contribution < 1.29 is 4.74 Å². The number of hydrogen-bond acceptors (Lipinski definition) is 4. The normalized spacial score (nSPS) is 17.5. The molecule has 1 N–H and O–H groups in total. The minimum absolute atomic E-state index is 0.756. The van der Waals surface area contributed by atoms with Gasteiger partial charge < -0.3 is 10.1 Å². The van der Waals surface area contributed by atoms with Crippen molar-refractivity contribution in [1.82, 2.24) is 20.1 Å². The van der Waals surface area contributed by atoms with Gasteiger partial charge in [-0.25, -0.2) is 9.67 Å². The van der Waals surface area contributed by atoms with Crippen LogP contribution >= 0.6 is 0 Å². The van der Waals surface area contributed by atoms with E-state index in [-0.39, 0.29) is 0 Å². The average Bonchev–Trinajstić information content (AvgIpc) is 2.79. The summed E-state index contributed by atoms with van der Waals surface area (Å²) in [5.74, 6) is 1.80. The van der Waals surface area contributed by atoms with Crippen LogP contribution in [0.1, 0.15) is 32.0 Å². The Morgan fingerprint density at radius 3 is 3.06 bits per heavy atom. The van der Waals surface area contributed by atoms with Crippen molar-refractivity contribution in [3.05, 3.63) is 12.2 Å². The molecule has 1 saturated heterocycles. The summed E-state index contributed by atoms with van der Waals surface area (Å²) in [6.07, 6.45) is 5.08. The lowest BCUT2D eigenvalue weighted by Crippen LogP contribution is -2.28. The standard InChI is InChI=1S/C12H22N4O/c1-2-5-16-12(14-10-15-16)9-13-8-11-3-6-17-7-4-11/h10-11,13H,2-9H2,1H3. The second-order valence-corrected chi connectivity index (χ2v) is 4.59. The molecular formula is C12H22N4O. The highest BCUT2D eigenvalue weighted by molar-refractivity contribution is 4.84. The molecule has 5 heteroatoms. The first-order valence-corrected chi connectivity index (χ1v) is 6.55. The van der Waals surface area contributed by atoms with Crippen LogP contribution in [0.25, 0.3) is 0 Å². The lowest BCUT2D eigenvalue weighted by Gasteiger charge is -2.22. The van der Waals surface area contributed by atoms with Crippen molar-refractivity contribution in [1.29, 1.82) is 0 Å². The van der Waals surface area contributed by atoms with Gasteiger partial charge in [-0.1, -0.05) is 6.92 Å². The SMILES string of the molecule is CCCn1ncnc1CNCC1CCOCC1. The molecule has 1 aromatic heterocycles. The van der Waals surface area contributed by atoms with Crippen LogP contribution in [0, 0.1) is 5.92 Å². The zero-order chi connectivity index (χ0) is 11.9. The fraction of sp³-hybridized carbons (Fsp3) is 0.833. The van der Waals surface area contributed by atoms with E-state index in [1.165, 1.54) is 12.8 Å². The number of nitrogens with zero attached hydrogens (tertiary/aromatic N) is 3. The zero-order valence-electron chi connectivity index (χ0n) is 10.6. The Labute approximate surface area is 103 Å². The monoisotopic (exact) mass is 238 g/mol. The summed E-state index contributed by atoms with van der Waals surface area (Å²) in [6.45, 7) is 6.81. The molecule has 1 aromatic rings. The van der Waals surface area contributed by atoms with Gasteiger partial charge >= 0.3 is 0 Å². The largest absolute Gasteiger partial charge is 0.381 e. The predicted molar refractivity (Wildman–Crippen MR) is 65.6 cm³/mol. The van der Waals surface area contributed by atoms with Crippen LogP contribution in [-0.2, 0) is 17.8 Å². The molecule has 0 aliphatic carbocycles. The third-order valence-corrected chi connectivity index (χ3v) is 3.19. The van der Waals surface area contributed by atoms with E-state index in [9.17, 15) is 0 Å². The summed E-state index contributed by atoms with van der Waals surface area (Å²) in [6, 6.07) is 0. The highest BCUT2D eigenvalue weighted by atomic mass is 16.5. The smallest absolute Gasteiger partial charge is 0.140 e. The van der Waals surface area contributed by atoms with Crippen molar-refractivity contribution in [2.24, 2.45) is 5.92 Å². The van der Waals surface area contributed by atoms with Gasteiger partial charge in [0.25, 0.3) is 0 Å². The highest BCUT2D eigenvalue weighted by Gasteiger charge is 2.13. The number of nitrogens with one attached hydrogen (secondary N) is 1. The minimum atomic E-state index is 0.756. The van der Waals surface area contributed by atoms with E-state index in [0.717, 1.165) is 51.0 Å². The van der Waals surface area contributed by atoms with Crippen molar-refractivity contribution >= 4 is 0 Å². The first-order valence-electron chi connectivity index (χ1n) is 6.55. The third kappa shape index (κ3) is 3.78. The maximum atomic E-state index is 5.35. The molecule has 5 nitrogen and oxygen atoms in total. The van der Waals surface area contributed by atoms with Gasteiger partial charge in [-0.2, -0.15) is 5.10 Å². The Bertz CT molecular complexity index is 320. The van der Waals surface area contributed by atoms with E-state index >= 15 is 0 Å². The van der Waals surface area contributed by atoms with Gasteiger partial charge in [0.2, 0.25) is 0 Å². The molecular weight excluding hydrogens is 216 g/mol. The second kappa shape index (κ2) is 6.71. The summed E-state index contributed by atoms with van der Waals surface area (Å²) in [4.78, 5) is 4.28. The molecule has 0 amide bonds. The second-order valence-electron chi connectivity index (χ2n) is 4.59. The van der Waals surface area contributed by atoms with Crippen LogP contribution in [0.2, 0.25) is 0 Å². The minimum Gasteiger partial charge on any atom is -0.381 e. The molecule has 0 aromatic carbocycles. The Kier molecular flexibility index (Phi) is 4.94. The summed E-state index contributed by atoms with van der Waals surface area (Å²) in [5, 5.41) is 7.69. The van der Waals surface area contributed by atoms with Gasteiger partial charge in [0, 0.05) is 19.8 Å². The van der Waals surface area contributed by atoms with Crippen molar-refractivity contribution in [2.75, 3.05) is 19.8 Å². The molecule has 96 valence electrons. The molecule has 0 saturated carbocycles. The Balaban J connectivity index is 1.71. The molecule has 0 spiro atoms. The number of aryl methyl sites for hydroxylation is 1. The fourth-order valence-electron chi connectivity index (χ4n) is 2.16. The van der Waals surface area contributed by atoms with E-state index in [2.05, 4.69) is 22.3 Å². The Hall–Kier alpha value is -0.940. The van der Waals surface area contributed by atoms with Gasteiger partial charge in [-0.05, 0) is 31.7 Å². The summed E-state index contributed by atoms with van der Waals surface area (Å²) < 4.78 is 7.33. The van der Waals surface area contributed by atoms with Crippen LogP contribution in [0.3, 0.4) is 0 Å². The fourth-order valence-corrected chi connectivity index (χ4v) is 2.16. The molecule has 17 heavy (non-hydrogen) atoms. The Morgan fingerprint density at radius 1 is 1.47 bits per heavy atom. The van der Waals surface area contributed by atoms with Crippen molar-refractivity contribution in [3.8, 4) is 0 Å². The van der Waals surface area contributed by atoms with E-state index < -0.39 is 0 Å². The molecule has 1 aliphatic rings. The number of ether oxygens (including phenoxy) is 1. The lowest BCUT2D eigenvalue weighted by molar-refractivity contribution is 0.0661. The van der Waals surface area contributed by atoms with E-state index in [4.69, 9.17) is 4.74 Å². The zero-order valence-corrected chi connectivity index (χ0v) is 10.6. The first-order chi connectivity index (χ1) is 8.40. The van der Waals surface area contributed by atoms with Crippen LogP contribution < -0.4 is 5.32 Å². The molecule has 2 heterocycles. The molecule has 0 unspecified atom stereocenters. The van der Waals surface area contributed by atoms with Gasteiger partial charge in [0.1, 0.15) is 12.2 Å². The topological polar surface area (TPSA) is 52.0 Å². The number of hydrogen-bond donors (Lipinski definition) is 1. The van der Waals surface area contributed by atoms with Gasteiger partial charge in [0.15, 0.2) is 0 Å². The molecule has 2 rings (SSSR count). The lowest BCUT2D eigenvalue weighted by atomic mass is 10.0. The summed E-state index contributed by atoms with van der Waals surface area (Å²) in [7, 11) is 0. The number of aromatic nitrogens is 3. The van der Waals surface area contributed by atoms with Gasteiger partial charge in [-0.3, -0.25) is 0 Å². The molecule has 0 atom stereocenters. The molecule has 1 fully saturated rings. The van der Waals surface area contributed by atoms with Crippen LogP contribution in [0.4, 0.5) is 0 Å². The van der Waals surface area contributed by atoms with Gasteiger partial charge in [0.05, 0.1) is 6.54 Å². The maximum Gasteiger partial charge on any atom is 0.140 e. The van der Waals surface area contributed by atoms with E-state index in [1.54, 1.807) is 6.33 Å². The summed E-state index contributed by atoms with van der Waals surface area (Å²) >= 11 is 0. The predicted octanol–water partition coefficient (Wildman–Crippen LogP) is 1.20. The molecule has 1 aliphatic heterocycles. The van der Waals surface area contributed by atoms with Crippen molar-refractivity contribution in [3.63, 3.8) is 0 Å². The summed E-state index contributed by atoms with van der Waals surface area (Å²) in [5.41, 5.74) is 0. The van der Waals surface area contributed by atoms with Crippen LogP contribution in [0.15, 0.2) is 6.33 Å². The number of rotatable bonds is 6. The van der Waals surface area contributed by atoms with Crippen LogP contribution in [-0.4, -0.2) is 34.5 Å². The third-order valence-electron chi connectivity index (χ3n) is 3.19. The Morgan fingerprint density at radius 2 is 2.29 bits per heavy atom. The first kappa shape index (κ1) is 12.5. The molecule has 0 radical (unpaired) electrons. The van der Waals surface area contributed by atoms with E-state index in [0.29, 0.717) is 0 Å². The maximum absolute atomic E-state index is 5.35. The average molecular weight is 238 g/mol.